The molecule has 0 aromatic carbocycles. The maximum atomic E-state index is 12.3. The van der Waals surface area contributed by atoms with E-state index >= 15 is 0 Å². The molecular formula is C15H26N4O. The van der Waals surface area contributed by atoms with Gasteiger partial charge in [0.25, 0.3) is 5.91 Å². The van der Waals surface area contributed by atoms with E-state index in [1.807, 2.05) is 24.7 Å². The van der Waals surface area contributed by atoms with Crippen molar-refractivity contribution in [3.63, 3.8) is 0 Å². The molecule has 0 radical (unpaired) electrons. The van der Waals surface area contributed by atoms with Gasteiger partial charge < -0.3 is 5.32 Å². The molecule has 0 saturated carbocycles. The van der Waals surface area contributed by atoms with Crippen molar-refractivity contribution in [2.75, 3.05) is 13.1 Å². The van der Waals surface area contributed by atoms with Crippen LogP contribution in [-0.2, 0) is 0 Å². The number of amides is 1. The zero-order valence-electron chi connectivity index (χ0n) is 13.1. The van der Waals surface area contributed by atoms with Crippen LogP contribution in [0.15, 0.2) is 12.4 Å². The molecule has 1 amide bonds. The van der Waals surface area contributed by atoms with Crippen LogP contribution < -0.4 is 5.32 Å². The van der Waals surface area contributed by atoms with Crippen LogP contribution in [0.5, 0.6) is 0 Å². The maximum Gasteiger partial charge on any atom is 0.254 e. The lowest BCUT2D eigenvalue weighted by molar-refractivity contribution is 0.0930. The van der Waals surface area contributed by atoms with E-state index in [1.165, 1.54) is 0 Å². The van der Waals surface area contributed by atoms with Gasteiger partial charge in [-0.05, 0) is 33.6 Å². The molecule has 1 aliphatic rings. The molecule has 0 bridgehead atoms. The maximum absolute atomic E-state index is 12.3. The van der Waals surface area contributed by atoms with Crippen LogP contribution in [0.1, 0.15) is 51.0 Å². The van der Waals surface area contributed by atoms with E-state index < -0.39 is 0 Å². The molecule has 20 heavy (non-hydrogen) atoms. The van der Waals surface area contributed by atoms with Crippen molar-refractivity contribution in [2.24, 2.45) is 5.92 Å². The van der Waals surface area contributed by atoms with Gasteiger partial charge in [0.05, 0.1) is 11.8 Å². The molecule has 1 saturated heterocycles. The first-order valence-corrected chi connectivity index (χ1v) is 7.47. The molecule has 1 aliphatic heterocycles. The minimum Gasteiger partial charge on any atom is -0.348 e. The minimum absolute atomic E-state index is 0.0145. The normalized spacial score (nSPS) is 23.8. The summed E-state index contributed by atoms with van der Waals surface area (Å²) in [6.07, 6.45) is 3.47. The molecule has 0 aliphatic carbocycles. The van der Waals surface area contributed by atoms with Crippen molar-refractivity contribution in [3.8, 4) is 0 Å². The number of likely N-dealkylation sites (tertiary alicyclic amines) is 1. The Morgan fingerprint density at radius 1 is 1.30 bits per heavy atom. The summed E-state index contributed by atoms with van der Waals surface area (Å²) >= 11 is 0. The van der Waals surface area contributed by atoms with Crippen LogP contribution in [-0.4, -0.2) is 45.8 Å². The summed E-state index contributed by atoms with van der Waals surface area (Å²) in [5.41, 5.74) is 0.647. The van der Waals surface area contributed by atoms with Crippen LogP contribution in [0.4, 0.5) is 0 Å². The molecule has 1 fully saturated rings. The first-order chi connectivity index (χ1) is 9.38. The van der Waals surface area contributed by atoms with Crippen molar-refractivity contribution in [1.82, 2.24) is 20.0 Å². The van der Waals surface area contributed by atoms with Gasteiger partial charge in [-0.1, -0.05) is 6.92 Å². The summed E-state index contributed by atoms with van der Waals surface area (Å²) in [4.78, 5) is 14.7. The SMILES string of the molecule is CC(C)N1C[C@@H](C)[C@@H](NC(=O)c2cnn(C(C)C)c2)C1. The number of nitrogens with zero attached hydrogens (tertiary/aromatic N) is 3. The van der Waals surface area contributed by atoms with E-state index in [9.17, 15) is 4.79 Å². The fourth-order valence-electron chi connectivity index (χ4n) is 2.60. The highest BCUT2D eigenvalue weighted by atomic mass is 16.1. The predicted octanol–water partition coefficient (Wildman–Crippen LogP) is 1.92. The predicted molar refractivity (Wildman–Crippen MR) is 79.7 cm³/mol. The summed E-state index contributed by atoms with van der Waals surface area (Å²) in [7, 11) is 0. The molecule has 2 heterocycles. The van der Waals surface area contributed by atoms with Gasteiger partial charge in [0, 0.05) is 37.4 Å². The highest BCUT2D eigenvalue weighted by Gasteiger charge is 2.32. The summed E-state index contributed by atoms with van der Waals surface area (Å²) in [6, 6.07) is 1.04. The Hall–Kier alpha value is -1.36. The third kappa shape index (κ3) is 3.20. The summed E-state index contributed by atoms with van der Waals surface area (Å²) < 4.78 is 1.81. The van der Waals surface area contributed by atoms with Crippen LogP contribution in [0, 0.1) is 5.92 Å². The lowest BCUT2D eigenvalue weighted by atomic mass is 10.1. The second kappa shape index (κ2) is 5.95. The molecule has 1 aromatic heterocycles. The van der Waals surface area contributed by atoms with Gasteiger partial charge in [-0.2, -0.15) is 5.10 Å². The molecule has 2 rings (SSSR count). The van der Waals surface area contributed by atoms with Crippen molar-refractivity contribution in [3.05, 3.63) is 18.0 Å². The van der Waals surface area contributed by atoms with Gasteiger partial charge in [0.15, 0.2) is 0 Å². The molecule has 0 unspecified atom stereocenters. The lowest BCUT2D eigenvalue weighted by Gasteiger charge is -2.20. The smallest absolute Gasteiger partial charge is 0.254 e. The Balaban J connectivity index is 1.97. The first kappa shape index (κ1) is 15.0. The number of aromatic nitrogens is 2. The topological polar surface area (TPSA) is 50.2 Å². The van der Waals surface area contributed by atoms with Crippen molar-refractivity contribution in [2.45, 2.75) is 52.7 Å². The number of carbonyl (C=O) groups is 1. The number of hydrogen-bond donors (Lipinski definition) is 1. The van der Waals surface area contributed by atoms with E-state index in [4.69, 9.17) is 0 Å². The minimum atomic E-state index is -0.0145. The van der Waals surface area contributed by atoms with Gasteiger partial charge in [0.1, 0.15) is 0 Å². The fourth-order valence-corrected chi connectivity index (χ4v) is 2.60. The number of hydrogen-bond acceptors (Lipinski definition) is 3. The Morgan fingerprint density at radius 3 is 2.50 bits per heavy atom. The van der Waals surface area contributed by atoms with Gasteiger partial charge in [0.2, 0.25) is 0 Å². The first-order valence-electron chi connectivity index (χ1n) is 7.47. The van der Waals surface area contributed by atoms with Crippen LogP contribution >= 0.6 is 0 Å². The van der Waals surface area contributed by atoms with Crippen LogP contribution in [0.2, 0.25) is 0 Å². The number of carbonyl (C=O) groups excluding carboxylic acids is 1. The second-order valence-electron chi connectivity index (χ2n) is 6.41. The Labute approximate surface area is 121 Å². The Kier molecular flexibility index (Phi) is 4.48. The van der Waals surface area contributed by atoms with E-state index in [0.717, 1.165) is 13.1 Å². The molecule has 1 aromatic rings. The van der Waals surface area contributed by atoms with Crippen LogP contribution in [0.25, 0.3) is 0 Å². The highest BCUT2D eigenvalue weighted by molar-refractivity contribution is 5.93. The van der Waals surface area contributed by atoms with Crippen LogP contribution in [0.3, 0.4) is 0 Å². The monoisotopic (exact) mass is 278 g/mol. The number of nitrogens with one attached hydrogen (secondary N) is 1. The third-order valence-corrected chi connectivity index (χ3v) is 4.08. The number of rotatable bonds is 4. The summed E-state index contributed by atoms with van der Waals surface area (Å²) in [5.74, 6) is 0.473. The van der Waals surface area contributed by atoms with E-state index in [1.54, 1.807) is 6.20 Å². The summed E-state index contributed by atoms with van der Waals surface area (Å²) in [6.45, 7) is 12.7. The summed E-state index contributed by atoms with van der Waals surface area (Å²) in [5, 5.41) is 7.37. The zero-order valence-corrected chi connectivity index (χ0v) is 13.1. The largest absolute Gasteiger partial charge is 0.348 e. The van der Waals surface area contributed by atoms with Gasteiger partial charge in [-0.25, -0.2) is 0 Å². The molecule has 5 heteroatoms. The van der Waals surface area contributed by atoms with E-state index in [-0.39, 0.29) is 18.0 Å². The zero-order chi connectivity index (χ0) is 14.9. The lowest BCUT2D eigenvalue weighted by Crippen LogP contribution is -2.40. The fraction of sp³-hybridized carbons (Fsp3) is 0.733. The van der Waals surface area contributed by atoms with Gasteiger partial charge in [-0.3, -0.25) is 14.4 Å². The molecular weight excluding hydrogens is 252 g/mol. The van der Waals surface area contributed by atoms with Gasteiger partial charge >= 0.3 is 0 Å². The quantitative estimate of drug-likeness (QED) is 0.915. The average molecular weight is 278 g/mol. The van der Waals surface area contributed by atoms with E-state index in [0.29, 0.717) is 17.5 Å². The molecule has 2 atom stereocenters. The highest BCUT2D eigenvalue weighted by Crippen LogP contribution is 2.19. The molecule has 112 valence electrons. The van der Waals surface area contributed by atoms with Crippen molar-refractivity contribution < 1.29 is 4.79 Å². The Morgan fingerprint density at radius 2 is 2.00 bits per heavy atom. The third-order valence-electron chi connectivity index (χ3n) is 4.08. The van der Waals surface area contributed by atoms with Crippen molar-refractivity contribution in [1.29, 1.82) is 0 Å². The average Bonchev–Trinajstić information content (AvgIpc) is 2.97. The molecule has 1 N–H and O–H groups in total. The molecule has 5 nitrogen and oxygen atoms in total. The van der Waals surface area contributed by atoms with Crippen molar-refractivity contribution >= 4 is 5.91 Å². The van der Waals surface area contributed by atoms with Gasteiger partial charge in [-0.15, -0.1) is 0 Å². The Bertz CT molecular complexity index is 466. The molecule has 0 spiro atoms. The second-order valence-corrected chi connectivity index (χ2v) is 6.41. The standard InChI is InChI=1S/C15H26N4O/c1-10(2)18-7-12(5)14(9-18)17-15(20)13-6-16-19(8-13)11(3)4/h6,8,10-12,14H,7,9H2,1-5H3,(H,17,20)/t12-,14+/m1/s1. The van der Waals surface area contributed by atoms with E-state index in [2.05, 4.69) is 36.1 Å².